The zero-order valence-electron chi connectivity index (χ0n) is 16.2. The van der Waals surface area contributed by atoms with E-state index < -0.39 is 16.1 Å². The van der Waals surface area contributed by atoms with Gasteiger partial charge >= 0.3 is 0 Å². The van der Waals surface area contributed by atoms with E-state index in [1.165, 1.54) is 36.3 Å². The minimum absolute atomic E-state index is 1.20. The highest BCUT2D eigenvalue weighted by atomic mass is 28.3. The van der Waals surface area contributed by atoms with Crippen LogP contribution in [-0.2, 0) is 0 Å². The van der Waals surface area contributed by atoms with Gasteiger partial charge in [-0.3, -0.25) is 0 Å². The van der Waals surface area contributed by atoms with Crippen LogP contribution in [-0.4, -0.2) is 16.1 Å². The molecule has 0 aromatic heterocycles. The first-order valence-corrected chi connectivity index (χ1v) is 14.4. The van der Waals surface area contributed by atoms with Gasteiger partial charge in [0.2, 0.25) is 0 Å². The SMILES string of the molecule is CC[Si](C#CC#CC#CC#CC#C[Si](CC)(CC)CC)(CC)CC. The molecule has 0 spiro atoms. The lowest BCUT2D eigenvalue weighted by Crippen LogP contribution is -2.29. The third kappa shape index (κ3) is 7.67. The fourth-order valence-electron chi connectivity index (χ4n) is 2.55. The van der Waals surface area contributed by atoms with Crippen LogP contribution in [0.25, 0.3) is 0 Å². The van der Waals surface area contributed by atoms with Gasteiger partial charge in [0.25, 0.3) is 0 Å². The average molecular weight is 351 g/mol. The summed E-state index contributed by atoms with van der Waals surface area (Å²) in [5.41, 5.74) is 6.85. The number of hydrogen-bond acceptors (Lipinski definition) is 0. The zero-order chi connectivity index (χ0) is 18.3. The molecular formula is C22H30Si2. The van der Waals surface area contributed by atoms with Crippen molar-refractivity contribution in [2.24, 2.45) is 0 Å². The molecule has 0 aliphatic rings. The molecule has 0 saturated heterocycles. The molecule has 0 unspecified atom stereocenters. The van der Waals surface area contributed by atoms with Crippen LogP contribution in [0.15, 0.2) is 0 Å². The van der Waals surface area contributed by atoms with Crippen molar-refractivity contribution in [3.05, 3.63) is 0 Å². The summed E-state index contributed by atoms with van der Waals surface area (Å²) in [6, 6.07) is 7.18. The summed E-state index contributed by atoms with van der Waals surface area (Å²) in [6.45, 7) is 13.4. The lowest BCUT2D eigenvalue weighted by Gasteiger charge is -2.19. The first-order chi connectivity index (χ1) is 11.6. The second-order valence-corrected chi connectivity index (χ2v) is 15.8. The summed E-state index contributed by atoms with van der Waals surface area (Å²) in [7, 11) is -2.77. The molecule has 126 valence electrons. The highest BCUT2D eigenvalue weighted by Crippen LogP contribution is 2.19. The standard InChI is InChI=1S/C22H30Si2/c1-7-23(8-2,9-3)21-19-17-15-13-14-16-18-20-22-24(10-4,11-5)12-6/h7-12H2,1-6H3. The topological polar surface area (TPSA) is 0 Å². The molecule has 0 aliphatic heterocycles. The second kappa shape index (κ2) is 12.6. The summed E-state index contributed by atoms with van der Waals surface area (Å²) in [4.78, 5) is 0. The van der Waals surface area contributed by atoms with Crippen molar-refractivity contribution < 1.29 is 0 Å². The Morgan fingerprint density at radius 1 is 0.375 bits per heavy atom. The molecule has 0 rings (SSSR count). The molecule has 0 heterocycles. The van der Waals surface area contributed by atoms with Gasteiger partial charge in [-0.1, -0.05) is 41.5 Å². The Morgan fingerprint density at radius 2 is 0.583 bits per heavy atom. The Balaban J connectivity index is 4.81. The van der Waals surface area contributed by atoms with Crippen molar-refractivity contribution in [1.82, 2.24) is 0 Å². The lowest BCUT2D eigenvalue weighted by atomic mass is 10.5. The van der Waals surface area contributed by atoms with E-state index in [1.807, 2.05) is 0 Å². The Labute approximate surface area is 152 Å². The largest absolute Gasteiger partial charge is 0.139 e. The fraction of sp³-hybridized carbons (Fsp3) is 0.545. The molecule has 24 heavy (non-hydrogen) atoms. The van der Waals surface area contributed by atoms with Crippen LogP contribution in [0.2, 0.25) is 36.3 Å². The fourth-order valence-corrected chi connectivity index (χ4v) is 7.26. The molecule has 0 N–H and O–H groups in total. The van der Waals surface area contributed by atoms with Gasteiger partial charge in [-0.05, 0) is 83.6 Å². The van der Waals surface area contributed by atoms with Gasteiger partial charge in [0, 0.05) is 0 Å². The van der Waals surface area contributed by atoms with E-state index in [0.29, 0.717) is 0 Å². The highest BCUT2D eigenvalue weighted by molar-refractivity contribution is 6.87. The summed E-state index contributed by atoms with van der Waals surface area (Å²) in [5, 5.41) is 0. The van der Waals surface area contributed by atoms with Crippen LogP contribution in [0.5, 0.6) is 0 Å². The Bertz CT molecular complexity index is 603. The van der Waals surface area contributed by atoms with Crippen molar-refractivity contribution in [2.75, 3.05) is 0 Å². The molecule has 0 amide bonds. The van der Waals surface area contributed by atoms with Crippen molar-refractivity contribution in [3.8, 4) is 58.5 Å². The first kappa shape index (κ1) is 22.2. The molecule has 0 atom stereocenters. The molecule has 0 saturated carbocycles. The van der Waals surface area contributed by atoms with Crippen molar-refractivity contribution >= 4 is 16.1 Å². The zero-order valence-corrected chi connectivity index (χ0v) is 18.2. The van der Waals surface area contributed by atoms with Gasteiger partial charge in [-0.2, -0.15) is 0 Å². The Hall–Kier alpha value is -1.77. The molecule has 0 radical (unpaired) electrons. The Morgan fingerprint density at radius 3 is 0.792 bits per heavy atom. The van der Waals surface area contributed by atoms with E-state index in [0.717, 1.165) is 0 Å². The van der Waals surface area contributed by atoms with Crippen LogP contribution < -0.4 is 0 Å². The maximum absolute atomic E-state index is 3.42. The normalized spacial score (nSPS) is 9.42. The molecule has 0 bridgehead atoms. The summed E-state index contributed by atoms with van der Waals surface area (Å²) in [5.74, 6) is 22.7. The van der Waals surface area contributed by atoms with E-state index in [-0.39, 0.29) is 0 Å². The average Bonchev–Trinajstić information content (AvgIpc) is 2.64. The van der Waals surface area contributed by atoms with Gasteiger partial charge in [-0.15, -0.1) is 11.1 Å². The van der Waals surface area contributed by atoms with Gasteiger partial charge in [0.1, 0.15) is 16.1 Å². The van der Waals surface area contributed by atoms with Crippen LogP contribution in [0.3, 0.4) is 0 Å². The van der Waals surface area contributed by atoms with E-state index in [2.05, 4.69) is 100.0 Å². The maximum atomic E-state index is 3.42. The molecular weight excluding hydrogens is 320 g/mol. The first-order valence-electron chi connectivity index (χ1n) is 9.11. The number of rotatable bonds is 6. The van der Waals surface area contributed by atoms with E-state index in [4.69, 9.17) is 0 Å². The highest BCUT2D eigenvalue weighted by Gasteiger charge is 2.24. The minimum Gasteiger partial charge on any atom is -0.117 e. The van der Waals surface area contributed by atoms with Crippen LogP contribution in [0.4, 0.5) is 0 Å². The van der Waals surface area contributed by atoms with Crippen molar-refractivity contribution in [3.63, 3.8) is 0 Å². The van der Waals surface area contributed by atoms with Gasteiger partial charge in [0.15, 0.2) is 0 Å². The molecule has 2 heteroatoms. The quantitative estimate of drug-likeness (QED) is 0.462. The van der Waals surface area contributed by atoms with Crippen molar-refractivity contribution in [1.29, 1.82) is 0 Å². The summed E-state index contributed by atoms with van der Waals surface area (Å²) < 4.78 is 0. The van der Waals surface area contributed by atoms with Gasteiger partial charge in [-0.25, -0.2) is 0 Å². The molecule has 0 aromatic rings. The molecule has 0 aliphatic carbocycles. The minimum atomic E-state index is -1.39. The van der Waals surface area contributed by atoms with Crippen molar-refractivity contribution in [2.45, 2.75) is 77.8 Å². The van der Waals surface area contributed by atoms with Gasteiger partial charge < -0.3 is 0 Å². The van der Waals surface area contributed by atoms with E-state index in [9.17, 15) is 0 Å². The predicted octanol–water partition coefficient (Wildman–Crippen LogP) is 5.10. The maximum Gasteiger partial charge on any atom is 0.139 e. The smallest absolute Gasteiger partial charge is 0.117 e. The third-order valence-electron chi connectivity index (χ3n) is 5.15. The monoisotopic (exact) mass is 350 g/mol. The summed E-state index contributed by atoms with van der Waals surface area (Å²) >= 11 is 0. The summed E-state index contributed by atoms with van der Waals surface area (Å²) in [6.07, 6.45) is 0. The van der Waals surface area contributed by atoms with Gasteiger partial charge in [0.05, 0.1) is 0 Å². The van der Waals surface area contributed by atoms with E-state index >= 15 is 0 Å². The lowest BCUT2D eigenvalue weighted by molar-refractivity contribution is 1.20. The molecule has 0 nitrogen and oxygen atoms in total. The number of hydrogen-bond donors (Lipinski definition) is 0. The van der Waals surface area contributed by atoms with Crippen LogP contribution >= 0.6 is 0 Å². The molecule has 0 aromatic carbocycles. The van der Waals surface area contributed by atoms with E-state index in [1.54, 1.807) is 0 Å². The predicted molar refractivity (Wildman–Crippen MR) is 113 cm³/mol. The second-order valence-electron chi connectivity index (χ2n) is 5.93. The molecule has 0 fully saturated rings. The Kier molecular flexibility index (Phi) is 11.7. The van der Waals surface area contributed by atoms with Crippen LogP contribution in [0.1, 0.15) is 41.5 Å². The van der Waals surface area contributed by atoms with Crippen LogP contribution in [0, 0.1) is 58.5 Å². The third-order valence-corrected chi connectivity index (χ3v) is 14.6.